The lowest BCUT2D eigenvalue weighted by Gasteiger charge is -2.29. The minimum atomic E-state index is -0.864. The van der Waals surface area contributed by atoms with Crippen molar-refractivity contribution >= 4 is 11.9 Å². The molecule has 0 bridgehead atoms. The van der Waals surface area contributed by atoms with Gasteiger partial charge in [0.2, 0.25) is 0 Å². The van der Waals surface area contributed by atoms with Crippen LogP contribution < -0.4 is 0 Å². The van der Waals surface area contributed by atoms with E-state index < -0.39 is 11.9 Å². The van der Waals surface area contributed by atoms with Crippen LogP contribution in [0, 0.1) is 12.8 Å². The van der Waals surface area contributed by atoms with Crippen LogP contribution in [0.3, 0.4) is 0 Å². The summed E-state index contributed by atoms with van der Waals surface area (Å²) in [5.41, 5.74) is 1.24. The number of aromatic nitrogens is 3. The molecule has 0 spiro atoms. The Morgan fingerprint density at radius 3 is 3.00 bits per heavy atom. The molecule has 122 valence electrons. The second-order valence-electron chi connectivity index (χ2n) is 5.82. The molecule has 23 heavy (non-hydrogen) atoms. The van der Waals surface area contributed by atoms with E-state index in [1.54, 1.807) is 16.9 Å². The van der Waals surface area contributed by atoms with E-state index in [0.717, 1.165) is 5.56 Å². The zero-order valence-electron chi connectivity index (χ0n) is 12.8. The van der Waals surface area contributed by atoms with E-state index >= 15 is 0 Å². The fourth-order valence-electron chi connectivity index (χ4n) is 2.73. The summed E-state index contributed by atoms with van der Waals surface area (Å²) in [6.07, 6.45) is 4.89. The van der Waals surface area contributed by atoms with E-state index in [9.17, 15) is 9.59 Å². The lowest BCUT2D eigenvalue weighted by Crippen LogP contribution is -2.42. The van der Waals surface area contributed by atoms with Gasteiger partial charge in [0, 0.05) is 25.4 Å². The number of aliphatic carboxylic acids is 1. The van der Waals surface area contributed by atoms with Gasteiger partial charge in [0.1, 0.15) is 6.54 Å². The van der Waals surface area contributed by atoms with Gasteiger partial charge in [-0.05, 0) is 25.3 Å². The molecule has 0 saturated carbocycles. The average molecular weight is 318 g/mol. The number of hydrogen-bond acceptors (Lipinski definition) is 5. The van der Waals surface area contributed by atoms with E-state index in [4.69, 9.17) is 9.63 Å². The van der Waals surface area contributed by atoms with Crippen LogP contribution in [0.5, 0.6) is 0 Å². The van der Waals surface area contributed by atoms with Crippen molar-refractivity contribution < 1.29 is 19.2 Å². The van der Waals surface area contributed by atoms with Crippen molar-refractivity contribution in [2.45, 2.75) is 26.3 Å². The third-order valence-corrected chi connectivity index (χ3v) is 3.92. The van der Waals surface area contributed by atoms with Crippen LogP contribution >= 0.6 is 0 Å². The van der Waals surface area contributed by atoms with Crippen molar-refractivity contribution in [2.24, 2.45) is 5.92 Å². The summed E-state index contributed by atoms with van der Waals surface area (Å²) >= 11 is 0. The molecule has 3 rings (SSSR count). The Balaban J connectivity index is 1.67. The minimum absolute atomic E-state index is 0.204. The highest BCUT2D eigenvalue weighted by atomic mass is 16.5. The standard InChI is InChI=1S/C15H18N4O4/c1-10-6-16-19(7-10)9-12-5-13(17-23-12)14(20)18-4-2-3-11(8-18)15(21)22/h5-7,11H,2-4,8-9H2,1H3,(H,21,22). The Hall–Kier alpha value is -2.64. The molecule has 1 saturated heterocycles. The molecule has 3 heterocycles. The maximum Gasteiger partial charge on any atom is 0.308 e. The summed E-state index contributed by atoms with van der Waals surface area (Å²) in [5.74, 6) is -1.13. The number of carboxylic acids is 1. The summed E-state index contributed by atoms with van der Waals surface area (Å²) in [4.78, 5) is 25.0. The molecule has 2 aromatic rings. The van der Waals surface area contributed by atoms with Gasteiger partial charge in [-0.3, -0.25) is 14.3 Å². The number of carbonyl (C=O) groups is 2. The maximum absolute atomic E-state index is 12.4. The third kappa shape index (κ3) is 3.41. The largest absolute Gasteiger partial charge is 0.481 e. The molecular weight excluding hydrogens is 300 g/mol. The number of piperidine rings is 1. The minimum Gasteiger partial charge on any atom is -0.481 e. The van der Waals surface area contributed by atoms with Gasteiger partial charge in [-0.1, -0.05) is 5.16 Å². The van der Waals surface area contributed by atoms with Gasteiger partial charge < -0.3 is 14.5 Å². The van der Waals surface area contributed by atoms with E-state index in [1.165, 1.54) is 4.90 Å². The summed E-state index contributed by atoms with van der Waals surface area (Å²) in [5, 5.41) is 17.1. The SMILES string of the molecule is Cc1cnn(Cc2cc(C(=O)N3CCCC(C(=O)O)C3)no2)c1. The van der Waals surface area contributed by atoms with Crippen LogP contribution in [0.15, 0.2) is 23.0 Å². The van der Waals surface area contributed by atoms with E-state index in [-0.39, 0.29) is 18.1 Å². The second kappa shape index (κ2) is 6.23. The van der Waals surface area contributed by atoms with Crippen molar-refractivity contribution in [3.63, 3.8) is 0 Å². The van der Waals surface area contributed by atoms with Crippen LogP contribution in [0.1, 0.15) is 34.7 Å². The van der Waals surface area contributed by atoms with E-state index in [0.29, 0.717) is 31.7 Å². The first-order valence-corrected chi connectivity index (χ1v) is 7.49. The number of carboxylic acid groups (broad SMARTS) is 1. The van der Waals surface area contributed by atoms with Gasteiger partial charge in [-0.2, -0.15) is 5.10 Å². The van der Waals surface area contributed by atoms with Crippen molar-refractivity contribution in [3.05, 3.63) is 35.5 Å². The Morgan fingerprint density at radius 1 is 1.48 bits per heavy atom. The van der Waals surface area contributed by atoms with Crippen LogP contribution in [-0.4, -0.2) is 49.9 Å². The summed E-state index contributed by atoms with van der Waals surface area (Å²) < 4.78 is 6.89. The topological polar surface area (TPSA) is 101 Å². The summed E-state index contributed by atoms with van der Waals surface area (Å²) in [7, 11) is 0. The monoisotopic (exact) mass is 318 g/mol. The highest BCUT2D eigenvalue weighted by Gasteiger charge is 2.30. The smallest absolute Gasteiger partial charge is 0.308 e. The molecule has 1 unspecified atom stereocenters. The van der Waals surface area contributed by atoms with Gasteiger partial charge in [0.15, 0.2) is 11.5 Å². The molecule has 1 aliphatic heterocycles. The van der Waals surface area contributed by atoms with Crippen molar-refractivity contribution in [3.8, 4) is 0 Å². The fraction of sp³-hybridized carbons (Fsp3) is 0.467. The van der Waals surface area contributed by atoms with Crippen LogP contribution in [-0.2, 0) is 11.3 Å². The summed E-state index contributed by atoms with van der Waals surface area (Å²) in [6, 6.07) is 1.59. The van der Waals surface area contributed by atoms with E-state index in [2.05, 4.69) is 10.3 Å². The van der Waals surface area contributed by atoms with Gasteiger partial charge in [0.25, 0.3) is 5.91 Å². The number of aryl methyl sites for hydroxylation is 1. The van der Waals surface area contributed by atoms with Crippen LogP contribution in [0.2, 0.25) is 0 Å². The quantitative estimate of drug-likeness (QED) is 0.908. The second-order valence-corrected chi connectivity index (χ2v) is 5.82. The molecule has 0 radical (unpaired) electrons. The molecular formula is C15H18N4O4. The highest BCUT2D eigenvalue weighted by molar-refractivity contribution is 5.92. The van der Waals surface area contributed by atoms with Crippen LogP contribution in [0.25, 0.3) is 0 Å². The third-order valence-electron chi connectivity index (χ3n) is 3.92. The molecule has 1 fully saturated rings. The molecule has 1 amide bonds. The van der Waals surface area contributed by atoms with E-state index in [1.807, 2.05) is 13.1 Å². The molecule has 1 N–H and O–H groups in total. The number of hydrogen-bond donors (Lipinski definition) is 1. The fourth-order valence-corrected chi connectivity index (χ4v) is 2.73. The predicted octanol–water partition coefficient (Wildman–Crippen LogP) is 1.16. The average Bonchev–Trinajstić information content (AvgIpc) is 3.16. The normalized spacial score (nSPS) is 18.1. The molecule has 8 heteroatoms. The molecule has 2 aromatic heterocycles. The van der Waals surface area contributed by atoms with Gasteiger partial charge >= 0.3 is 5.97 Å². The molecule has 1 aliphatic rings. The van der Waals surface area contributed by atoms with Crippen molar-refractivity contribution in [2.75, 3.05) is 13.1 Å². The van der Waals surface area contributed by atoms with Crippen LogP contribution in [0.4, 0.5) is 0 Å². The molecule has 0 aliphatic carbocycles. The molecule has 8 nitrogen and oxygen atoms in total. The number of rotatable bonds is 4. The first-order valence-electron chi connectivity index (χ1n) is 7.49. The summed E-state index contributed by atoms with van der Waals surface area (Å²) in [6.45, 7) is 3.10. The van der Waals surface area contributed by atoms with Gasteiger partial charge in [-0.15, -0.1) is 0 Å². The first-order chi connectivity index (χ1) is 11.0. The van der Waals surface area contributed by atoms with Crippen molar-refractivity contribution in [1.29, 1.82) is 0 Å². The zero-order valence-corrected chi connectivity index (χ0v) is 12.8. The predicted molar refractivity (Wildman–Crippen MR) is 78.8 cm³/mol. The maximum atomic E-state index is 12.4. The number of carbonyl (C=O) groups excluding carboxylic acids is 1. The van der Waals surface area contributed by atoms with Gasteiger partial charge in [0.05, 0.1) is 12.1 Å². The molecule has 1 atom stereocenters. The Bertz CT molecular complexity index is 721. The molecule has 0 aromatic carbocycles. The first kappa shape index (κ1) is 15.3. The lowest BCUT2D eigenvalue weighted by atomic mass is 9.98. The number of likely N-dealkylation sites (tertiary alicyclic amines) is 1. The lowest BCUT2D eigenvalue weighted by molar-refractivity contribution is -0.143. The Morgan fingerprint density at radius 2 is 2.30 bits per heavy atom. The zero-order chi connectivity index (χ0) is 16.4. The van der Waals surface area contributed by atoms with Gasteiger partial charge in [-0.25, -0.2) is 0 Å². The Labute approximate surface area is 132 Å². The Kier molecular flexibility index (Phi) is 4.14. The number of nitrogens with zero attached hydrogens (tertiary/aromatic N) is 4. The van der Waals surface area contributed by atoms with Crippen molar-refractivity contribution in [1.82, 2.24) is 19.8 Å². The highest BCUT2D eigenvalue weighted by Crippen LogP contribution is 2.19. The number of amides is 1.